The SMILES string of the molecule is CCCCCCC1(C)NC(c2ccc(CC)cc2)=CC(c2cc(Br)ccc2O)[NH2+]1. The molecule has 4 heteroatoms. The zero-order valence-corrected chi connectivity index (χ0v) is 19.4. The third kappa shape index (κ3) is 5.64. The van der Waals surface area contributed by atoms with E-state index in [0.29, 0.717) is 5.75 Å². The van der Waals surface area contributed by atoms with Gasteiger partial charge in [0.15, 0.2) is 5.66 Å². The van der Waals surface area contributed by atoms with Gasteiger partial charge in [0.2, 0.25) is 0 Å². The van der Waals surface area contributed by atoms with Gasteiger partial charge in [0.1, 0.15) is 11.8 Å². The molecule has 0 radical (unpaired) electrons. The summed E-state index contributed by atoms with van der Waals surface area (Å²) in [5.41, 5.74) is 4.54. The summed E-state index contributed by atoms with van der Waals surface area (Å²) in [4.78, 5) is 0. The number of rotatable bonds is 8. The highest BCUT2D eigenvalue weighted by Crippen LogP contribution is 2.31. The van der Waals surface area contributed by atoms with E-state index >= 15 is 0 Å². The third-order valence-electron chi connectivity index (χ3n) is 5.89. The Morgan fingerprint density at radius 3 is 2.52 bits per heavy atom. The molecule has 0 fully saturated rings. The van der Waals surface area contributed by atoms with Crippen LogP contribution in [0.15, 0.2) is 53.0 Å². The largest absolute Gasteiger partial charge is 0.507 e. The van der Waals surface area contributed by atoms with Crippen LogP contribution in [0.25, 0.3) is 5.70 Å². The maximum Gasteiger partial charge on any atom is 0.167 e. The summed E-state index contributed by atoms with van der Waals surface area (Å²) in [6, 6.07) is 14.6. The molecule has 29 heavy (non-hydrogen) atoms. The minimum Gasteiger partial charge on any atom is -0.507 e. The first kappa shape index (κ1) is 21.9. The van der Waals surface area contributed by atoms with Crippen LogP contribution in [0, 0.1) is 0 Å². The number of nitrogens with two attached hydrogens (primary N) is 1. The number of halogens is 1. The fraction of sp³-hybridized carbons (Fsp3) is 0.440. The van der Waals surface area contributed by atoms with Gasteiger partial charge in [-0.05, 0) is 42.2 Å². The smallest absolute Gasteiger partial charge is 0.167 e. The average Bonchev–Trinajstić information content (AvgIpc) is 2.72. The molecule has 3 nitrogen and oxygen atoms in total. The normalized spacial score (nSPS) is 21.5. The summed E-state index contributed by atoms with van der Waals surface area (Å²) in [5, 5.41) is 16.7. The first-order valence-corrected chi connectivity index (χ1v) is 11.7. The van der Waals surface area contributed by atoms with Crippen molar-refractivity contribution in [2.45, 2.75) is 71.0 Å². The Morgan fingerprint density at radius 2 is 1.83 bits per heavy atom. The number of hydrogen-bond donors (Lipinski definition) is 3. The molecule has 0 spiro atoms. The molecule has 0 bridgehead atoms. The number of phenols is 1. The molecular formula is C25H34BrN2O+. The van der Waals surface area contributed by atoms with Gasteiger partial charge >= 0.3 is 0 Å². The van der Waals surface area contributed by atoms with Gasteiger partial charge in [0.25, 0.3) is 0 Å². The first-order valence-electron chi connectivity index (χ1n) is 10.9. The Bertz CT molecular complexity index is 846. The zero-order valence-electron chi connectivity index (χ0n) is 17.8. The second-order valence-corrected chi connectivity index (χ2v) is 9.30. The monoisotopic (exact) mass is 457 g/mol. The molecule has 2 atom stereocenters. The number of aromatic hydroxyl groups is 1. The molecule has 0 saturated heterocycles. The number of benzene rings is 2. The van der Waals surface area contributed by atoms with E-state index in [1.165, 1.54) is 36.8 Å². The van der Waals surface area contributed by atoms with E-state index in [2.05, 4.69) is 77.7 Å². The summed E-state index contributed by atoms with van der Waals surface area (Å²) in [6.45, 7) is 6.72. The second-order valence-electron chi connectivity index (χ2n) is 8.38. The van der Waals surface area contributed by atoms with Crippen LogP contribution in [0.1, 0.15) is 75.6 Å². The highest BCUT2D eigenvalue weighted by Gasteiger charge is 2.37. The van der Waals surface area contributed by atoms with Crippen molar-refractivity contribution in [3.05, 3.63) is 69.7 Å². The Kier molecular flexibility index (Phi) is 7.42. The Hall–Kier alpha value is -1.78. The molecule has 0 aliphatic carbocycles. The Labute approximate surface area is 183 Å². The molecule has 1 aliphatic rings. The molecule has 0 amide bonds. The topological polar surface area (TPSA) is 48.9 Å². The van der Waals surface area contributed by atoms with E-state index in [-0.39, 0.29) is 11.7 Å². The maximum atomic E-state index is 10.5. The number of aryl methyl sites for hydroxylation is 1. The van der Waals surface area contributed by atoms with Gasteiger partial charge in [0.05, 0.1) is 5.56 Å². The van der Waals surface area contributed by atoms with Crippen LogP contribution in [0.2, 0.25) is 0 Å². The van der Waals surface area contributed by atoms with Gasteiger partial charge in [-0.2, -0.15) is 0 Å². The lowest BCUT2D eigenvalue weighted by Gasteiger charge is -2.38. The van der Waals surface area contributed by atoms with Gasteiger partial charge in [-0.15, -0.1) is 0 Å². The molecule has 3 rings (SSSR count). The summed E-state index contributed by atoms with van der Waals surface area (Å²) < 4.78 is 0.990. The van der Waals surface area contributed by atoms with Crippen molar-refractivity contribution >= 4 is 21.6 Å². The Morgan fingerprint density at radius 1 is 1.07 bits per heavy atom. The average molecular weight is 458 g/mol. The fourth-order valence-electron chi connectivity index (χ4n) is 4.14. The molecular weight excluding hydrogens is 424 g/mol. The van der Waals surface area contributed by atoms with Crippen molar-refractivity contribution < 1.29 is 10.4 Å². The van der Waals surface area contributed by atoms with E-state index in [1.807, 2.05) is 12.1 Å². The van der Waals surface area contributed by atoms with Crippen molar-refractivity contribution in [2.75, 3.05) is 0 Å². The van der Waals surface area contributed by atoms with E-state index < -0.39 is 0 Å². The van der Waals surface area contributed by atoms with Crippen molar-refractivity contribution in [1.29, 1.82) is 0 Å². The van der Waals surface area contributed by atoms with Crippen LogP contribution in [0.5, 0.6) is 5.75 Å². The van der Waals surface area contributed by atoms with Gasteiger partial charge < -0.3 is 15.7 Å². The van der Waals surface area contributed by atoms with E-state index in [9.17, 15) is 5.11 Å². The number of phenolic OH excluding ortho intramolecular Hbond substituents is 1. The van der Waals surface area contributed by atoms with Crippen LogP contribution < -0.4 is 10.6 Å². The Balaban J connectivity index is 1.93. The minimum atomic E-state index is -0.110. The molecule has 2 aromatic rings. The van der Waals surface area contributed by atoms with Crippen molar-refractivity contribution in [2.24, 2.45) is 0 Å². The minimum absolute atomic E-state index is 0.0609. The summed E-state index contributed by atoms with van der Waals surface area (Å²) >= 11 is 3.57. The summed E-state index contributed by atoms with van der Waals surface area (Å²) in [7, 11) is 0. The van der Waals surface area contributed by atoms with Gasteiger partial charge in [-0.1, -0.05) is 73.3 Å². The quantitative estimate of drug-likeness (QED) is 0.448. The van der Waals surface area contributed by atoms with E-state index in [1.54, 1.807) is 6.07 Å². The molecule has 1 heterocycles. The lowest BCUT2D eigenvalue weighted by atomic mass is 9.92. The summed E-state index contributed by atoms with van der Waals surface area (Å²) in [5.74, 6) is 0.349. The standard InChI is InChI=1S/C25H33BrN2O/c1-4-6-7-8-15-25(3)27-22(19-11-9-18(5-2)10-12-19)17-23(28-25)21-16-20(26)13-14-24(21)29/h9-14,16-17,23,27-29H,4-8,15H2,1-3H3/p+1. The molecule has 0 saturated carbocycles. The van der Waals surface area contributed by atoms with E-state index in [4.69, 9.17) is 0 Å². The van der Waals surface area contributed by atoms with Crippen LogP contribution in [-0.4, -0.2) is 10.8 Å². The first-order chi connectivity index (χ1) is 13.9. The van der Waals surface area contributed by atoms with Crippen LogP contribution in [0.3, 0.4) is 0 Å². The van der Waals surface area contributed by atoms with Gasteiger partial charge in [-0.3, -0.25) is 0 Å². The third-order valence-corrected chi connectivity index (χ3v) is 6.38. The predicted molar refractivity (Wildman–Crippen MR) is 125 cm³/mol. The lowest BCUT2D eigenvalue weighted by Crippen LogP contribution is -3.01. The highest BCUT2D eigenvalue weighted by atomic mass is 79.9. The number of quaternary nitrogens is 1. The number of nitrogens with one attached hydrogen (secondary N) is 1. The van der Waals surface area contributed by atoms with Gasteiger partial charge in [-0.25, -0.2) is 0 Å². The van der Waals surface area contributed by atoms with Crippen molar-refractivity contribution in [3.63, 3.8) is 0 Å². The lowest BCUT2D eigenvalue weighted by molar-refractivity contribution is -0.758. The van der Waals surface area contributed by atoms with Crippen LogP contribution in [-0.2, 0) is 6.42 Å². The molecule has 4 N–H and O–H groups in total. The van der Waals surface area contributed by atoms with Crippen LogP contribution >= 0.6 is 15.9 Å². The fourth-order valence-corrected chi connectivity index (χ4v) is 4.52. The van der Waals surface area contributed by atoms with Crippen molar-refractivity contribution in [3.8, 4) is 5.75 Å². The molecule has 156 valence electrons. The zero-order chi connectivity index (χ0) is 20.9. The van der Waals surface area contributed by atoms with Crippen molar-refractivity contribution in [1.82, 2.24) is 5.32 Å². The predicted octanol–water partition coefficient (Wildman–Crippen LogP) is 5.65. The molecule has 0 aromatic heterocycles. The second kappa shape index (κ2) is 9.82. The number of hydrogen-bond acceptors (Lipinski definition) is 2. The van der Waals surface area contributed by atoms with Gasteiger partial charge in [0, 0.05) is 29.6 Å². The summed E-state index contributed by atoms with van der Waals surface area (Å²) in [6.07, 6.45) is 9.37. The molecule has 1 aliphatic heterocycles. The molecule has 2 unspecified atom stereocenters. The highest BCUT2D eigenvalue weighted by molar-refractivity contribution is 9.10. The number of unbranched alkanes of at least 4 members (excludes halogenated alkanes) is 3. The van der Waals surface area contributed by atoms with E-state index in [0.717, 1.165) is 28.6 Å². The van der Waals surface area contributed by atoms with Crippen LogP contribution in [0.4, 0.5) is 0 Å². The maximum absolute atomic E-state index is 10.5. The molecule has 2 aromatic carbocycles.